The van der Waals surface area contributed by atoms with Gasteiger partial charge >= 0.3 is 12.1 Å². The molecule has 8 heteroatoms. The normalized spacial score (nSPS) is 22.3. The lowest BCUT2D eigenvalue weighted by molar-refractivity contribution is -0.147. The summed E-state index contributed by atoms with van der Waals surface area (Å²) in [5, 5.41) is 15.2. The smallest absolute Gasteiger partial charge is 0.407 e. The van der Waals surface area contributed by atoms with Gasteiger partial charge in [0.15, 0.2) is 5.54 Å². The summed E-state index contributed by atoms with van der Waals surface area (Å²) in [6.45, 7) is 0.429. The zero-order valence-electron chi connectivity index (χ0n) is 19.5. The lowest BCUT2D eigenvalue weighted by atomic mass is 9.91. The number of amides is 2. The lowest BCUT2D eigenvalue weighted by Crippen LogP contribution is -2.58. The van der Waals surface area contributed by atoms with Gasteiger partial charge in [0.25, 0.3) is 0 Å². The summed E-state index contributed by atoms with van der Waals surface area (Å²) in [7, 11) is 0. The third kappa shape index (κ3) is 4.50. The number of nitrogens with one attached hydrogen (secondary N) is 2. The molecule has 35 heavy (non-hydrogen) atoms. The predicted octanol–water partition coefficient (Wildman–Crippen LogP) is 3.59. The van der Waals surface area contributed by atoms with E-state index in [0.29, 0.717) is 12.8 Å². The molecule has 3 N–H and O–H groups in total. The summed E-state index contributed by atoms with van der Waals surface area (Å²) in [5.41, 5.74) is 2.43. The molecule has 184 valence electrons. The van der Waals surface area contributed by atoms with Gasteiger partial charge in [-0.05, 0) is 35.1 Å². The summed E-state index contributed by atoms with van der Waals surface area (Å²) >= 11 is 0. The van der Waals surface area contributed by atoms with Crippen molar-refractivity contribution >= 4 is 18.0 Å². The van der Waals surface area contributed by atoms with Crippen LogP contribution in [0.5, 0.6) is 0 Å². The van der Waals surface area contributed by atoms with Crippen molar-refractivity contribution in [1.82, 2.24) is 10.6 Å². The minimum absolute atomic E-state index is 0.00618. The van der Waals surface area contributed by atoms with E-state index in [2.05, 4.69) is 34.9 Å². The Hall–Kier alpha value is -3.39. The van der Waals surface area contributed by atoms with Crippen LogP contribution < -0.4 is 10.6 Å². The number of fused-ring (bicyclic) bond motifs is 3. The zero-order chi connectivity index (χ0) is 24.5. The second kappa shape index (κ2) is 9.34. The monoisotopic (exact) mass is 478 g/mol. The molecular weight excluding hydrogens is 448 g/mol. The second-order valence-corrected chi connectivity index (χ2v) is 9.85. The maximum absolute atomic E-state index is 12.9. The fraction of sp³-hybridized carbons (Fsp3) is 0.444. The van der Waals surface area contributed by atoms with Crippen LogP contribution in [0.15, 0.2) is 48.5 Å². The molecule has 2 amide bonds. The number of carboxylic acid groups (broad SMARTS) is 1. The Labute approximate surface area is 204 Å². The molecule has 0 aromatic heterocycles. The van der Waals surface area contributed by atoms with Crippen molar-refractivity contribution in [3.63, 3.8) is 0 Å². The largest absolute Gasteiger partial charge is 0.479 e. The van der Waals surface area contributed by atoms with Crippen LogP contribution in [-0.4, -0.2) is 54.0 Å². The molecule has 0 bridgehead atoms. The van der Waals surface area contributed by atoms with E-state index < -0.39 is 29.0 Å². The molecule has 2 aromatic rings. The molecule has 8 nitrogen and oxygen atoms in total. The Balaban J connectivity index is 1.24. The number of ether oxygens (including phenoxy) is 2. The van der Waals surface area contributed by atoms with E-state index in [4.69, 9.17) is 9.47 Å². The van der Waals surface area contributed by atoms with Crippen LogP contribution >= 0.6 is 0 Å². The highest BCUT2D eigenvalue weighted by atomic mass is 16.5. The highest BCUT2D eigenvalue weighted by Crippen LogP contribution is 2.44. The van der Waals surface area contributed by atoms with Crippen LogP contribution in [0.3, 0.4) is 0 Å². The molecular formula is C27H30N2O6. The fourth-order valence-electron chi connectivity index (χ4n) is 5.75. The van der Waals surface area contributed by atoms with Crippen molar-refractivity contribution in [3.8, 4) is 11.1 Å². The van der Waals surface area contributed by atoms with E-state index in [1.165, 1.54) is 0 Å². The summed E-state index contributed by atoms with van der Waals surface area (Å²) < 4.78 is 10.9. The molecule has 5 rings (SSSR count). The number of aliphatic carboxylic acids is 1. The minimum Gasteiger partial charge on any atom is -0.479 e. The van der Waals surface area contributed by atoms with Crippen molar-refractivity contribution in [2.45, 2.75) is 55.5 Å². The Morgan fingerprint density at radius 3 is 2.14 bits per heavy atom. The summed E-state index contributed by atoms with van der Waals surface area (Å²) in [6.07, 6.45) is 2.71. The highest BCUT2D eigenvalue weighted by Gasteiger charge is 2.46. The van der Waals surface area contributed by atoms with Gasteiger partial charge in [0.1, 0.15) is 6.61 Å². The van der Waals surface area contributed by atoms with Gasteiger partial charge in [0.05, 0.1) is 12.1 Å². The number of benzene rings is 2. The van der Waals surface area contributed by atoms with Gasteiger partial charge in [-0.3, -0.25) is 4.79 Å². The third-order valence-corrected chi connectivity index (χ3v) is 7.58. The van der Waals surface area contributed by atoms with Gasteiger partial charge in [-0.15, -0.1) is 0 Å². The zero-order valence-corrected chi connectivity index (χ0v) is 19.5. The van der Waals surface area contributed by atoms with Crippen molar-refractivity contribution in [2.75, 3.05) is 19.8 Å². The van der Waals surface area contributed by atoms with Crippen LogP contribution in [0.4, 0.5) is 4.79 Å². The molecule has 3 aliphatic rings. The number of carbonyl (C=O) groups is 3. The van der Waals surface area contributed by atoms with E-state index >= 15 is 0 Å². The van der Waals surface area contributed by atoms with Gasteiger partial charge in [-0.25, -0.2) is 9.59 Å². The first-order valence-electron chi connectivity index (χ1n) is 12.2. The van der Waals surface area contributed by atoms with E-state index in [9.17, 15) is 19.5 Å². The predicted molar refractivity (Wildman–Crippen MR) is 128 cm³/mol. The number of alkyl carbamates (subject to hydrolysis) is 1. The minimum atomic E-state index is -1.40. The van der Waals surface area contributed by atoms with Gasteiger partial charge in [-0.1, -0.05) is 61.4 Å². The van der Waals surface area contributed by atoms with Crippen LogP contribution in [-0.2, 0) is 19.1 Å². The van der Waals surface area contributed by atoms with Crippen LogP contribution in [0.25, 0.3) is 11.1 Å². The molecule has 2 aliphatic carbocycles. The topological polar surface area (TPSA) is 114 Å². The first kappa shape index (κ1) is 23.4. The third-order valence-electron chi connectivity index (χ3n) is 7.58. The number of carbonyl (C=O) groups excluding carboxylic acids is 2. The number of carboxylic acids is 1. The van der Waals surface area contributed by atoms with Crippen LogP contribution in [0.2, 0.25) is 0 Å². The van der Waals surface area contributed by atoms with E-state index in [1.54, 1.807) is 0 Å². The Morgan fingerprint density at radius 2 is 1.57 bits per heavy atom. The number of hydrogen-bond acceptors (Lipinski definition) is 5. The Bertz CT molecular complexity index is 1090. The maximum Gasteiger partial charge on any atom is 0.407 e. The Morgan fingerprint density at radius 1 is 0.943 bits per heavy atom. The first-order chi connectivity index (χ1) is 16.9. The average Bonchev–Trinajstić information content (AvgIpc) is 3.57. The van der Waals surface area contributed by atoms with Crippen molar-refractivity contribution < 1.29 is 29.0 Å². The van der Waals surface area contributed by atoms with Gasteiger partial charge in [0, 0.05) is 25.4 Å². The van der Waals surface area contributed by atoms with Crippen molar-refractivity contribution in [2.24, 2.45) is 0 Å². The molecule has 1 unspecified atom stereocenters. The van der Waals surface area contributed by atoms with Crippen molar-refractivity contribution in [1.29, 1.82) is 0 Å². The SMILES string of the molecule is O=C(CC1(NC(=O)OCC2c3ccccc3-c3ccccc32)CCCC1)NC1(C(=O)O)CCOC1. The Kier molecular flexibility index (Phi) is 6.23. The average molecular weight is 479 g/mol. The molecule has 1 saturated heterocycles. The summed E-state index contributed by atoms with van der Waals surface area (Å²) in [5.74, 6) is -1.55. The summed E-state index contributed by atoms with van der Waals surface area (Å²) in [6, 6.07) is 16.3. The fourth-order valence-corrected chi connectivity index (χ4v) is 5.75. The maximum atomic E-state index is 12.9. The standard InChI is InChI=1S/C27H30N2O6/c30-23(28-27(24(31)32)13-14-34-17-27)15-26(11-5-6-12-26)29-25(33)35-16-22-20-9-3-1-7-18(20)19-8-2-4-10-21(19)22/h1-4,7-10,22H,5-6,11-17H2,(H,28,30)(H,29,33)(H,31,32). The summed E-state index contributed by atoms with van der Waals surface area (Å²) in [4.78, 5) is 37.5. The second-order valence-electron chi connectivity index (χ2n) is 9.85. The number of hydrogen-bond donors (Lipinski definition) is 3. The molecule has 1 saturated carbocycles. The van der Waals surface area contributed by atoms with E-state index in [-0.39, 0.29) is 38.6 Å². The molecule has 1 atom stereocenters. The molecule has 1 heterocycles. The van der Waals surface area contributed by atoms with E-state index in [0.717, 1.165) is 35.1 Å². The van der Waals surface area contributed by atoms with E-state index in [1.807, 2.05) is 24.3 Å². The van der Waals surface area contributed by atoms with Crippen LogP contribution in [0, 0.1) is 0 Å². The first-order valence-corrected chi connectivity index (χ1v) is 12.2. The number of rotatable bonds is 7. The molecule has 0 radical (unpaired) electrons. The van der Waals surface area contributed by atoms with Crippen LogP contribution in [0.1, 0.15) is 55.6 Å². The van der Waals surface area contributed by atoms with Gasteiger partial charge < -0.3 is 25.2 Å². The van der Waals surface area contributed by atoms with Gasteiger partial charge in [0.2, 0.25) is 5.91 Å². The lowest BCUT2D eigenvalue weighted by Gasteiger charge is -2.31. The van der Waals surface area contributed by atoms with Crippen molar-refractivity contribution in [3.05, 3.63) is 59.7 Å². The quantitative estimate of drug-likeness (QED) is 0.561. The highest BCUT2D eigenvalue weighted by molar-refractivity contribution is 5.88. The molecule has 2 aromatic carbocycles. The molecule has 1 aliphatic heterocycles. The molecule has 2 fully saturated rings. The molecule has 0 spiro atoms. The van der Waals surface area contributed by atoms with Gasteiger partial charge in [-0.2, -0.15) is 0 Å².